The molecule has 1 aromatic rings. The molecule has 0 unspecified atom stereocenters. The molecule has 2 rings (SSSR count). The average Bonchev–Trinajstić information content (AvgIpc) is 2.15. The Hall–Kier alpha value is -1.51. The SMILES string of the molecule is CC1CC(NC(=O)c2cccc(O)c2)C1. The molecule has 0 radical (unpaired) electrons. The van der Waals surface area contributed by atoms with Crippen LogP contribution in [0.4, 0.5) is 0 Å². The van der Waals surface area contributed by atoms with E-state index in [0.29, 0.717) is 11.6 Å². The first-order valence-electron chi connectivity index (χ1n) is 5.25. The summed E-state index contributed by atoms with van der Waals surface area (Å²) in [4.78, 5) is 11.7. The van der Waals surface area contributed by atoms with E-state index in [1.807, 2.05) is 0 Å². The average molecular weight is 205 g/mol. The largest absolute Gasteiger partial charge is 0.508 e. The number of rotatable bonds is 2. The second-order valence-electron chi connectivity index (χ2n) is 4.30. The van der Waals surface area contributed by atoms with Gasteiger partial charge in [0.25, 0.3) is 5.91 Å². The quantitative estimate of drug-likeness (QED) is 0.775. The Morgan fingerprint density at radius 3 is 2.80 bits per heavy atom. The number of nitrogens with one attached hydrogen (secondary N) is 1. The number of carbonyl (C=O) groups is 1. The third-order valence-corrected chi connectivity index (χ3v) is 2.82. The number of hydrogen-bond donors (Lipinski definition) is 2. The highest BCUT2D eigenvalue weighted by Gasteiger charge is 2.26. The molecule has 0 aliphatic heterocycles. The predicted octanol–water partition coefficient (Wildman–Crippen LogP) is 1.92. The van der Waals surface area contributed by atoms with E-state index in [1.165, 1.54) is 6.07 Å². The molecule has 2 N–H and O–H groups in total. The van der Waals surface area contributed by atoms with Gasteiger partial charge in [0, 0.05) is 11.6 Å². The van der Waals surface area contributed by atoms with Crippen LogP contribution in [0.2, 0.25) is 0 Å². The molecule has 1 fully saturated rings. The van der Waals surface area contributed by atoms with Crippen LogP contribution >= 0.6 is 0 Å². The van der Waals surface area contributed by atoms with Crippen molar-refractivity contribution in [2.24, 2.45) is 5.92 Å². The Morgan fingerprint density at radius 2 is 2.20 bits per heavy atom. The predicted molar refractivity (Wildman–Crippen MR) is 57.8 cm³/mol. The molecule has 1 aliphatic carbocycles. The van der Waals surface area contributed by atoms with E-state index in [2.05, 4.69) is 12.2 Å². The van der Waals surface area contributed by atoms with E-state index in [0.717, 1.165) is 18.8 Å². The number of phenolic OH excluding ortho intramolecular Hbond substituents is 1. The monoisotopic (exact) mass is 205 g/mol. The number of amides is 1. The maximum absolute atomic E-state index is 11.7. The van der Waals surface area contributed by atoms with Gasteiger partial charge < -0.3 is 10.4 Å². The number of phenols is 1. The first kappa shape index (κ1) is 10.0. The highest BCUT2D eigenvalue weighted by molar-refractivity contribution is 5.94. The van der Waals surface area contributed by atoms with Crippen molar-refractivity contribution in [3.63, 3.8) is 0 Å². The minimum absolute atomic E-state index is 0.0946. The maximum atomic E-state index is 11.7. The molecular formula is C12H15NO2. The van der Waals surface area contributed by atoms with Crippen LogP contribution in [-0.2, 0) is 0 Å². The van der Waals surface area contributed by atoms with Crippen molar-refractivity contribution >= 4 is 5.91 Å². The van der Waals surface area contributed by atoms with Crippen molar-refractivity contribution in [1.82, 2.24) is 5.32 Å². The van der Waals surface area contributed by atoms with E-state index < -0.39 is 0 Å². The van der Waals surface area contributed by atoms with Gasteiger partial charge in [0.05, 0.1) is 0 Å². The molecule has 1 aliphatic rings. The van der Waals surface area contributed by atoms with Gasteiger partial charge in [-0.05, 0) is 37.0 Å². The molecule has 0 saturated heterocycles. The zero-order valence-electron chi connectivity index (χ0n) is 8.73. The van der Waals surface area contributed by atoms with Gasteiger partial charge in [-0.3, -0.25) is 4.79 Å². The van der Waals surface area contributed by atoms with Crippen molar-refractivity contribution in [3.8, 4) is 5.75 Å². The summed E-state index contributed by atoms with van der Waals surface area (Å²) in [7, 11) is 0. The summed E-state index contributed by atoms with van der Waals surface area (Å²) in [6, 6.07) is 6.74. The molecule has 0 bridgehead atoms. The highest BCUT2D eigenvalue weighted by Crippen LogP contribution is 2.26. The first-order valence-corrected chi connectivity index (χ1v) is 5.25. The first-order chi connectivity index (χ1) is 7.15. The van der Waals surface area contributed by atoms with Crippen LogP contribution in [-0.4, -0.2) is 17.1 Å². The summed E-state index contributed by atoms with van der Waals surface area (Å²) >= 11 is 0. The van der Waals surface area contributed by atoms with E-state index in [4.69, 9.17) is 0 Å². The Morgan fingerprint density at radius 1 is 1.47 bits per heavy atom. The van der Waals surface area contributed by atoms with Crippen LogP contribution in [0.15, 0.2) is 24.3 Å². The van der Waals surface area contributed by atoms with Gasteiger partial charge in [0.2, 0.25) is 0 Å². The summed E-state index contributed by atoms with van der Waals surface area (Å²) in [5, 5.41) is 12.2. The normalized spacial score (nSPS) is 24.3. The second-order valence-corrected chi connectivity index (χ2v) is 4.30. The van der Waals surface area contributed by atoms with E-state index >= 15 is 0 Å². The van der Waals surface area contributed by atoms with Crippen LogP contribution in [0.25, 0.3) is 0 Å². The molecule has 80 valence electrons. The number of carbonyl (C=O) groups excluding carboxylic acids is 1. The molecule has 15 heavy (non-hydrogen) atoms. The summed E-state index contributed by atoms with van der Waals surface area (Å²) in [6.07, 6.45) is 2.12. The molecule has 0 spiro atoms. The zero-order valence-corrected chi connectivity index (χ0v) is 8.73. The van der Waals surface area contributed by atoms with Gasteiger partial charge in [-0.25, -0.2) is 0 Å². The molecule has 0 heterocycles. The Bertz CT molecular complexity index is 370. The van der Waals surface area contributed by atoms with Crippen molar-refractivity contribution < 1.29 is 9.90 Å². The summed E-state index contributed by atoms with van der Waals surface area (Å²) in [5.41, 5.74) is 0.523. The van der Waals surface area contributed by atoms with Crippen LogP contribution in [0.3, 0.4) is 0 Å². The molecular weight excluding hydrogens is 190 g/mol. The minimum atomic E-state index is -0.0946. The Kier molecular flexibility index (Phi) is 2.62. The lowest BCUT2D eigenvalue weighted by Gasteiger charge is -2.33. The lowest BCUT2D eigenvalue weighted by atomic mass is 9.82. The van der Waals surface area contributed by atoms with Crippen molar-refractivity contribution in [2.75, 3.05) is 0 Å². The molecule has 0 atom stereocenters. The third kappa shape index (κ3) is 2.29. The van der Waals surface area contributed by atoms with Gasteiger partial charge in [0.15, 0.2) is 0 Å². The Balaban J connectivity index is 1.96. The topological polar surface area (TPSA) is 49.3 Å². The minimum Gasteiger partial charge on any atom is -0.508 e. The van der Waals surface area contributed by atoms with Crippen molar-refractivity contribution in [3.05, 3.63) is 29.8 Å². The van der Waals surface area contributed by atoms with Crippen molar-refractivity contribution in [2.45, 2.75) is 25.8 Å². The fourth-order valence-corrected chi connectivity index (χ4v) is 1.94. The molecule has 3 heteroatoms. The molecule has 0 aromatic heterocycles. The lowest BCUT2D eigenvalue weighted by Crippen LogP contribution is -2.43. The molecule has 1 aromatic carbocycles. The number of benzene rings is 1. The van der Waals surface area contributed by atoms with Gasteiger partial charge in [-0.15, -0.1) is 0 Å². The molecule has 3 nitrogen and oxygen atoms in total. The maximum Gasteiger partial charge on any atom is 0.251 e. The highest BCUT2D eigenvalue weighted by atomic mass is 16.3. The van der Waals surface area contributed by atoms with Gasteiger partial charge >= 0.3 is 0 Å². The van der Waals surface area contributed by atoms with Gasteiger partial charge in [-0.2, -0.15) is 0 Å². The van der Waals surface area contributed by atoms with Crippen LogP contribution in [0.5, 0.6) is 5.75 Å². The van der Waals surface area contributed by atoms with E-state index in [9.17, 15) is 9.90 Å². The number of hydrogen-bond acceptors (Lipinski definition) is 2. The third-order valence-electron chi connectivity index (χ3n) is 2.82. The standard InChI is InChI=1S/C12H15NO2/c1-8-5-10(6-8)13-12(15)9-3-2-4-11(14)7-9/h2-4,7-8,10,14H,5-6H2,1H3,(H,13,15). The van der Waals surface area contributed by atoms with Crippen LogP contribution < -0.4 is 5.32 Å². The molecule has 1 amide bonds. The Labute approximate surface area is 89.1 Å². The number of aromatic hydroxyl groups is 1. The second kappa shape index (κ2) is 3.93. The smallest absolute Gasteiger partial charge is 0.251 e. The van der Waals surface area contributed by atoms with Crippen molar-refractivity contribution in [1.29, 1.82) is 0 Å². The van der Waals surface area contributed by atoms with E-state index in [1.54, 1.807) is 18.2 Å². The fraction of sp³-hybridized carbons (Fsp3) is 0.417. The zero-order chi connectivity index (χ0) is 10.8. The fourth-order valence-electron chi connectivity index (χ4n) is 1.94. The van der Waals surface area contributed by atoms with Gasteiger partial charge in [-0.1, -0.05) is 13.0 Å². The summed E-state index contributed by atoms with van der Waals surface area (Å²) in [6.45, 7) is 2.18. The van der Waals surface area contributed by atoms with Crippen LogP contribution in [0, 0.1) is 5.92 Å². The lowest BCUT2D eigenvalue weighted by molar-refractivity contribution is 0.0895. The van der Waals surface area contributed by atoms with E-state index in [-0.39, 0.29) is 11.7 Å². The summed E-state index contributed by atoms with van der Waals surface area (Å²) in [5.74, 6) is 0.756. The van der Waals surface area contributed by atoms with Crippen LogP contribution in [0.1, 0.15) is 30.1 Å². The molecule has 1 saturated carbocycles. The van der Waals surface area contributed by atoms with Gasteiger partial charge in [0.1, 0.15) is 5.75 Å². The summed E-state index contributed by atoms with van der Waals surface area (Å²) < 4.78 is 0.